The molecular weight excluding hydrogens is 378 g/mol. The predicted molar refractivity (Wildman–Crippen MR) is 119 cm³/mol. The summed E-state index contributed by atoms with van der Waals surface area (Å²) < 4.78 is 0. The Morgan fingerprint density at radius 3 is 1.90 bits per heavy atom. The molecule has 0 aliphatic heterocycles. The zero-order valence-electron chi connectivity index (χ0n) is 17.0. The van der Waals surface area contributed by atoms with Gasteiger partial charge >= 0.3 is 0 Å². The first-order valence-corrected chi connectivity index (χ1v) is 10.4. The Morgan fingerprint density at radius 2 is 1.34 bits per heavy atom. The zero-order valence-corrected chi connectivity index (χ0v) is 17.8. The van der Waals surface area contributed by atoms with Crippen LogP contribution >= 0.6 is 11.8 Å². The van der Waals surface area contributed by atoms with Crippen LogP contribution in [-0.2, 0) is 5.41 Å². The molecule has 0 saturated heterocycles. The van der Waals surface area contributed by atoms with E-state index in [1.807, 2.05) is 12.1 Å². The monoisotopic (exact) mass is 401 g/mol. The van der Waals surface area contributed by atoms with Gasteiger partial charge in [0.05, 0.1) is 5.56 Å². The minimum Gasteiger partial charge on any atom is -0.388 e. The van der Waals surface area contributed by atoms with Gasteiger partial charge in [0, 0.05) is 39.2 Å². The lowest BCUT2D eigenvalue weighted by Crippen LogP contribution is -2.23. The molecule has 1 aliphatic rings. The summed E-state index contributed by atoms with van der Waals surface area (Å²) in [5, 5.41) is 3.07. The summed E-state index contributed by atoms with van der Waals surface area (Å²) in [5.74, 6) is -0.203. The average molecular weight is 402 g/mol. The Bertz CT molecular complexity index is 1120. The van der Waals surface area contributed by atoms with Gasteiger partial charge in [-0.2, -0.15) is 0 Å². The summed E-state index contributed by atoms with van der Waals surface area (Å²) in [4.78, 5) is 28.4. The maximum atomic E-state index is 13.3. The highest BCUT2D eigenvalue weighted by molar-refractivity contribution is 7.99. The Kier molecular flexibility index (Phi) is 4.83. The standard InChI is InChI=1S/C25H23NO2S/c1-25(2,3)15-9-11-16(12-10-15)29-20-14-13-19(26-4)21-22(20)24(28)18-8-6-5-7-17(18)23(21)27/h5-14,26H,1-4H3. The fourth-order valence-electron chi connectivity index (χ4n) is 3.64. The number of anilines is 1. The van der Waals surface area contributed by atoms with E-state index in [0.717, 1.165) is 9.79 Å². The van der Waals surface area contributed by atoms with Gasteiger partial charge in [0.25, 0.3) is 0 Å². The lowest BCUT2D eigenvalue weighted by atomic mass is 9.83. The van der Waals surface area contributed by atoms with Gasteiger partial charge < -0.3 is 5.32 Å². The van der Waals surface area contributed by atoms with Gasteiger partial charge in [-0.15, -0.1) is 0 Å². The molecule has 4 rings (SSSR count). The minimum atomic E-state index is -0.106. The van der Waals surface area contributed by atoms with E-state index in [4.69, 9.17) is 0 Å². The summed E-state index contributed by atoms with van der Waals surface area (Å²) in [6.07, 6.45) is 0. The topological polar surface area (TPSA) is 46.2 Å². The average Bonchev–Trinajstić information content (AvgIpc) is 2.71. The number of benzene rings is 3. The third-order valence-corrected chi connectivity index (χ3v) is 6.32. The first-order valence-electron chi connectivity index (χ1n) is 9.63. The SMILES string of the molecule is CNc1ccc(Sc2ccc(C(C)(C)C)cc2)c2c1C(=O)c1ccccc1C2=O. The molecule has 1 aliphatic carbocycles. The van der Waals surface area contributed by atoms with Crippen LogP contribution in [0.3, 0.4) is 0 Å². The molecule has 0 amide bonds. The van der Waals surface area contributed by atoms with Crippen molar-refractivity contribution in [3.63, 3.8) is 0 Å². The van der Waals surface area contributed by atoms with Crippen LogP contribution in [-0.4, -0.2) is 18.6 Å². The van der Waals surface area contributed by atoms with Gasteiger partial charge in [0.1, 0.15) is 0 Å². The molecular formula is C25H23NO2S. The number of fused-ring (bicyclic) bond motifs is 2. The van der Waals surface area contributed by atoms with Crippen LogP contribution in [0.25, 0.3) is 0 Å². The molecule has 0 atom stereocenters. The van der Waals surface area contributed by atoms with Crippen molar-refractivity contribution in [1.82, 2.24) is 0 Å². The molecule has 3 aromatic carbocycles. The van der Waals surface area contributed by atoms with Crippen molar-refractivity contribution in [1.29, 1.82) is 0 Å². The van der Waals surface area contributed by atoms with Crippen molar-refractivity contribution in [3.05, 3.63) is 88.5 Å². The van der Waals surface area contributed by atoms with E-state index in [9.17, 15) is 9.59 Å². The molecule has 0 heterocycles. The summed E-state index contributed by atoms with van der Waals surface area (Å²) in [5.41, 5.74) is 3.93. The molecule has 0 aromatic heterocycles. The first-order chi connectivity index (χ1) is 13.8. The zero-order chi connectivity index (χ0) is 20.8. The number of ketones is 2. The fraction of sp³-hybridized carbons (Fsp3) is 0.200. The molecule has 0 saturated carbocycles. The highest BCUT2D eigenvalue weighted by Gasteiger charge is 2.33. The van der Waals surface area contributed by atoms with E-state index in [-0.39, 0.29) is 17.0 Å². The summed E-state index contributed by atoms with van der Waals surface area (Å²) >= 11 is 1.52. The van der Waals surface area contributed by atoms with E-state index in [1.165, 1.54) is 17.3 Å². The third kappa shape index (κ3) is 3.38. The van der Waals surface area contributed by atoms with Crippen LogP contribution in [0, 0.1) is 0 Å². The second-order valence-corrected chi connectivity index (χ2v) is 9.31. The molecule has 0 bridgehead atoms. The molecule has 3 aromatic rings. The number of carbonyl (C=O) groups excluding carboxylic acids is 2. The van der Waals surface area contributed by atoms with Crippen LogP contribution in [0.2, 0.25) is 0 Å². The normalized spacial score (nSPS) is 13.1. The Morgan fingerprint density at radius 1 is 0.759 bits per heavy atom. The molecule has 1 N–H and O–H groups in total. The lowest BCUT2D eigenvalue weighted by molar-refractivity contribution is 0.0977. The largest absolute Gasteiger partial charge is 0.388 e. The molecule has 0 unspecified atom stereocenters. The van der Waals surface area contributed by atoms with Gasteiger partial charge in [-0.25, -0.2) is 0 Å². The van der Waals surface area contributed by atoms with Gasteiger partial charge in [0.2, 0.25) is 0 Å². The van der Waals surface area contributed by atoms with E-state index in [1.54, 1.807) is 31.3 Å². The number of nitrogens with one attached hydrogen (secondary N) is 1. The van der Waals surface area contributed by atoms with Crippen LogP contribution in [0.4, 0.5) is 5.69 Å². The first kappa shape index (κ1) is 19.5. The number of hydrogen-bond acceptors (Lipinski definition) is 4. The third-order valence-electron chi connectivity index (χ3n) is 5.26. The number of rotatable bonds is 3. The van der Waals surface area contributed by atoms with Gasteiger partial charge in [-0.1, -0.05) is 68.9 Å². The minimum absolute atomic E-state index is 0.0862. The highest BCUT2D eigenvalue weighted by atomic mass is 32.2. The Labute approximate surface area is 175 Å². The fourth-order valence-corrected chi connectivity index (χ4v) is 4.60. The van der Waals surface area contributed by atoms with Crippen molar-refractivity contribution in [3.8, 4) is 0 Å². The molecule has 3 nitrogen and oxygen atoms in total. The molecule has 29 heavy (non-hydrogen) atoms. The van der Waals surface area contributed by atoms with Gasteiger partial charge in [-0.3, -0.25) is 9.59 Å². The van der Waals surface area contributed by atoms with Crippen molar-refractivity contribution < 1.29 is 9.59 Å². The smallest absolute Gasteiger partial charge is 0.196 e. The number of hydrogen-bond donors (Lipinski definition) is 1. The summed E-state index contributed by atoms with van der Waals surface area (Å²) in [7, 11) is 1.77. The van der Waals surface area contributed by atoms with E-state index >= 15 is 0 Å². The molecule has 146 valence electrons. The van der Waals surface area contributed by atoms with Crippen molar-refractivity contribution in [2.45, 2.75) is 36.0 Å². The summed E-state index contributed by atoms with van der Waals surface area (Å²) in [6, 6.07) is 19.3. The highest BCUT2D eigenvalue weighted by Crippen LogP contribution is 2.40. The molecule has 0 fully saturated rings. The van der Waals surface area contributed by atoms with E-state index < -0.39 is 0 Å². The lowest BCUT2D eigenvalue weighted by Gasteiger charge is -2.23. The van der Waals surface area contributed by atoms with Crippen LogP contribution in [0.15, 0.2) is 70.5 Å². The van der Waals surface area contributed by atoms with Crippen molar-refractivity contribution in [2.75, 3.05) is 12.4 Å². The Balaban J connectivity index is 1.81. The van der Waals surface area contributed by atoms with Crippen LogP contribution < -0.4 is 5.32 Å². The molecule has 0 radical (unpaired) electrons. The van der Waals surface area contributed by atoms with E-state index in [0.29, 0.717) is 27.9 Å². The molecule has 4 heteroatoms. The Hall–Kier alpha value is -2.85. The van der Waals surface area contributed by atoms with Crippen LogP contribution in [0.5, 0.6) is 0 Å². The van der Waals surface area contributed by atoms with Crippen LogP contribution in [0.1, 0.15) is 58.2 Å². The maximum Gasteiger partial charge on any atom is 0.196 e. The summed E-state index contributed by atoms with van der Waals surface area (Å²) in [6.45, 7) is 6.55. The molecule has 0 spiro atoms. The quantitative estimate of drug-likeness (QED) is 0.461. The van der Waals surface area contributed by atoms with Crippen molar-refractivity contribution in [2.24, 2.45) is 0 Å². The van der Waals surface area contributed by atoms with Gasteiger partial charge in [0.15, 0.2) is 11.6 Å². The number of carbonyl (C=O) groups is 2. The van der Waals surface area contributed by atoms with Crippen molar-refractivity contribution >= 4 is 29.0 Å². The van der Waals surface area contributed by atoms with E-state index in [2.05, 4.69) is 50.4 Å². The maximum absolute atomic E-state index is 13.3. The second-order valence-electron chi connectivity index (χ2n) is 8.19. The van der Waals surface area contributed by atoms with Gasteiger partial charge in [-0.05, 0) is 35.2 Å². The predicted octanol–water partition coefficient (Wildman–Crippen LogP) is 5.95. The second kappa shape index (κ2) is 7.20.